The number of fused-ring (bicyclic) bond motifs is 1. The topological polar surface area (TPSA) is 88.2 Å². The van der Waals surface area contributed by atoms with Crippen molar-refractivity contribution >= 4 is 27.3 Å². The van der Waals surface area contributed by atoms with Crippen LogP contribution in [-0.2, 0) is 10.0 Å². The van der Waals surface area contributed by atoms with Crippen LogP contribution < -0.4 is 19.7 Å². The molecule has 0 spiro atoms. The van der Waals surface area contributed by atoms with Crippen molar-refractivity contribution in [2.75, 3.05) is 49.6 Å². The van der Waals surface area contributed by atoms with Gasteiger partial charge in [-0.05, 0) is 42.5 Å². The van der Waals surface area contributed by atoms with Crippen molar-refractivity contribution in [1.82, 2.24) is 4.31 Å². The van der Waals surface area contributed by atoms with Crippen LogP contribution in [0.1, 0.15) is 10.4 Å². The molecule has 9 heteroatoms. The van der Waals surface area contributed by atoms with Gasteiger partial charge in [-0.25, -0.2) is 8.42 Å². The summed E-state index contributed by atoms with van der Waals surface area (Å²) >= 11 is 0. The molecule has 176 valence electrons. The number of carbonyl (C=O) groups excluding carboxylic acids is 1. The molecule has 3 aromatic rings. The molecular weight excluding hydrogens is 454 g/mol. The maximum absolute atomic E-state index is 13.3. The highest BCUT2D eigenvalue weighted by atomic mass is 32.2. The third-order valence-corrected chi connectivity index (χ3v) is 7.79. The lowest BCUT2D eigenvalue weighted by atomic mass is 10.2. The van der Waals surface area contributed by atoms with Gasteiger partial charge in [-0.1, -0.05) is 24.3 Å². The highest BCUT2D eigenvalue weighted by Crippen LogP contribution is 2.32. The summed E-state index contributed by atoms with van der Waals surface area (Å²) in [6.45, 7) is 2.90. The fraction of sp³-hybridized carbons (Fsp3) is 0.240. The zero-order valence-electron chi connectivity index (χ0n) is 18.5. The second-order valence-electron chi connectivity index (χ2n) is 8.07. The quantitative estimate of drug-likeness (QED) is 0.605. The average Bonchev–Trinajstić information content (AvgIpc) is 2.89. The monoisotopic (exact) mass is 479 g/mol. The van der Waals surface area contributed by atoms with E-state index in [1.807, 2.05) is 30.3 Å². The van der Waals surface area contributed by atoms with Crippen LogP contribution in [-0.4, -0.2) is 58.0 Å². The molecule has 8 nitrogen and oxygen atoms in total. The van der Waals surface area contributed by atoms with Crippen LogP contribution in [0.15, 0.2) is 77.7 Å². The summed E-state index contributed by atoms with van der Waals surface area (Å²) in [6, 6.07) is 21.2. The van der Waals surface area contributed by atoms with Crippen molar-refractivity contribution in [3.8, 4) is 11.5 Å². The molecule has 1 amide bonds. The van der Waals surface area contributed by atoms with Gasteiger partial charge >= 0.3 is 0 Å². The number of rotatable bonds is 5. The predicted octanol–water partition coefficient (Wildman–Crippen LogP) is 3.22. The smallest absolute Gasteiger partial charge is 0.255 e. The van der Waals surface area contributed by atoms with Gasteiger partial charge in [-0.3, -0.25) is 4.79 Å². The maximum atomic E-state index is 13.3. The number of anilines is 2. The number of ether oxygens (including phenoxy) is 2. The van der Waals surface area contributed by atoms with Crippen LogP contribution in [0.2, 0.25) is 0 Å². The molecule has 0 bridgehead atoms. The average molecular weight is 480 g/mol. The summed E-state index contributed by atoms with van der Waals surface area (Å²) in [7, 11) is -3.72. The molecule has 0 radical (unpaired) electrons. The van der Waals surface area contributed by atoms with E-state index in [1.54, 1.807) is 30.3 Å². The van der Waals surface area contributed by atoms with Gasteiger partial charge in [0.25, 0.3) is 5.91 Å². The van der Waals surface area contributed by atoms with E-state index in [9.17, 15) is 13.2 Å². The van der Waals surface area contributed by atoms with Gasteiger partial charge in [0.15, 0.2) is 11.5 Å². The van der Waals surface area contributed by atoms with E-state index in [0.29, 0.717) is 56.6 Å². The molecule has 0 atom stereocenters. The van der Waals surface area contributed by atoms with Gasteiger partial charge in [-0.2, -0.15) is 4.31 Å². The SMILES string of the molecule is O=C(Nc1ccc2c(c1)OCCO2)c1cccc(S(=O)(=O)N2CCN(c3ccccc3)CC2)c1. The van der Waals surface area contributed by atoms with E-state index >= 15 is 0 Å². The molecule has 2 heterocycles. The Morgan fingerprint density at radius 3 is 2.29 bits per heavy atom. The molecule has 0 unspecified atom stereocenters. The predicted molar refractivity (Wildman–Crippen MR) is 129 cm³/mol. The highest BCUT2D eigenvalue weighted by molar-refractivity contribution is 7.89. The Hall–Kier alpha value is -3.56. The van der Waals surface area contributed by atoms with Gasteiger partial charge in [0.2, 0.25) is 10.0 Å². The molecule has 1 N–H and O–H groups in total. The zero-order chi connectivity index (χ0) is 23.5. The Morgan fingerprint density at radius 1 is 0.794 bits per heavy atom. The Morgan fingerprint density at radius 2 is 1.53 bits per heavy atom. The van der Waals surface area contributed by atoms with Crippen LogP contribution in [0.4, 0.5) is 11.4 Å². The number of para-hydroxylation sites is 1. The van der Waals surface area contributed by atoms with E-state index in [-0.39, 0.29) is 10.5 Å². The van der Waals surface area contributed by atoms with Crippen LogP contribution >= 0.6 is 0 Å². The Labute approximate surface area is 198 Å². The van der Waals surface area contributed by atoms with Crippen molar-refractivity contribution in [3.63, 3.8) is 0 Å². The molecule has 3 aromatic carbocycles. The Kier molecular flexibility index (Phi) is 6.12. The first kappa shape index (κ1) is 22.2. The van der Waals surface area contributed by atoms with Crippen molar-refractivity contribution in [2.45, 2.75) is 4.90 Å². The van der Waals surface area contributed by atoms with Crippen molar-refractivity contribution in [1.29, 1.82) is 0 Å². The minimum Gasteiger partial charge on any atom is -0.486 e. The number of nitrogens with one attached hydrogen (secondary N) is 1. The summed E-state index contributed by atoms with van der Waals surface area (Å²) in [5, 5.41) is 2.80. The lowest BCUT2D eigenvalue weighted by molar-refractivity contribution is 0.102. The zero-order valence-corrected chi connectivity index (χ0v) is 19.3. The lowest BCUT2D eigenvalue weighted by Gasteiger charge is -2.35. The number of sulfonamides is 1. The van der Waals surface area contributed by atoms with Gasteiger partial charge in [-0.15, -0.1) is 0 Å². The fourth-order valence-corrected chi connectivity index (χ4v) is 5.57. The minimum absolute atomic E-state index is 0.107. The van der Waals surface area contributed by atoms with E-state index in [2.05, 4.69) is 10.2 Å². The molecule has 5 rings (SSSR count). The highest BCUT2D eigenvalue weighted by Gasteiger charge is 2.29. The molecule has 1 fully saturated rings. The summed E-state index contributed by atoms with van der Waals surface area (Å²) in [5.41, 5.74) is 1.88. The first-order valence-corrected chi connectivity index (χ1v) is 12.6. The van der Waals surface area contributed by atoms with Gasteiger partial charge < -0.3 is 19.7 Å². The third-order valence-electron chi connectivity index (χ3n) is 5.89. The summed E-state index contributed by atoms with van der Waals surface area (Å²) in [5.74, 6) is 0.794. The van der Waals surface area contributed by atoms with Crippen molar-refractivity contribution in [3.05, 3.63) is 78.4 Å². The molecule has 0 saturated carbocycles. The number of benzene rings is 3. The van der Waals surface area contributed by atoms with Crippen LogP contribution in [0.5, 0.6) is 11.5 Å². The van der Waals surface area contributed by atoms with Gasteiger partial charge in [0.1, 0.15) is 13.2 Å². The van der Waals surface area contributed by atoms with Gasteiger partial charge in [0.05, 0.1) is 4.90 Å². The van der Waals surface area contributed by atoms with Crippen LogP contribution in [0.3, 0.4) is 0 Å². The second-order valence-corrected chi connectivity index (χ2v) is 10.0. The number of amides is 1. The fourth-order valence-electron chi connectivity index (χ4n) is 4.10. The third kappa shape index (κ3) is 4.57. The van der Waals surface area contributed by atoms with Crippen LogP contribution in [0.25, 0.3) is 0 Å². The first-order chi connectivity index (χ1) is 16.5. The molecule has 34 heavy (non-hydrogen) atoms. The van der Waals surface area contributed by atoms with Gasteiger partial charge in [0, 0.05) is 49.2 Å². The molecule has 2 aliphatic rings. The Balaban J connectivity index is 1.28. The molecule has 0 aliphatic carbocycles. The van der Waals surface area contributed by atoms with E-state index in [1.165, 1.54) is 16.4 Å². The normalized spacial score (nSPS) is 16.2. The number of hydrogen-bond donors (Lipinski definition) is 1. The number of piperazine rings is 1. The molecular formula is C25H25N3O5S. The standard InChI is InChI=1S/C25H25N3O5S/c29-25(26-20-9-10-23-24(18-20)33-16-15-32-23)19-5-4-8-22(17-19)34(30,31)28-13-11-27(12-14-28)21-6-2-1-3-7-21/h1-10,17-18H,11-16H2,(H,26,29). The van der Waals surface area contributed by atoms with E-state index < -0.39 is 15.9 Å². The summed E-state index contributed by atoms with van der Waals surface area (Å²) < 4.78 is 39.1. The molecule has 0 aromatic heterocycles. The summed E-state index contributed by atoms with van der Waals surface area (Å²) in [6.07, 6.45) is 0. The van der Waals surface area contributed by atoms with Crippen molar-refractivity contribution < 1.29 is 22.7 Å². The number of carbonyl (C=O) groups is 1. The minimum atomic E-state index is -3.72. The number of nitrogens with zero attached hydrogens (tertiary/aromatic N) is 2. The molecule has 2 aliphatic heterocycles. The van der Waals surface area contributed by atoms with Crippen molar-refractivity contribution in [2.24, 2.45) is 0 Å². The number of hydrogen-bond acceptors (Lipinski definition) is 6. The summed E-state index contributed by atoms with van der Waals surface area (Å²) in [4.78, 5) is 15.1. The lowest BCUT2D eigenvalue weighted by Crippen LogP contribution is -2.48. The van der Waals surface area contributed by atoms with E-state index in [4.69, 9.17) is 9.47 Å². The first-order valence-electron chi connectivity index (χ1n) is 11.1. The molecule has 1 saturated heterocycles. The maximum Gasteiger partial charge on any atom is 0.255 e. The largest absolute Gasteiger partial charge is 0.486 e. The Bertz CT molecular complexity index is 1290. The van der Waals surface area contributed by atoms with Crippen LogP contribution in [0, 0.1) is 0 Å². The second kappa shape index (κ2) is 9.36. The van der Waals surface area contributed by atoms with E-state index in [0.717, 1.165) is 5.69 Å².